The number of carbonyl (C=O) groups is 1. The molecule has 3 rings (SSSR count). The minimum atomic E-state index is -0.0316. The molecule has 0 fully saturated rings. The topological polar surface area (TPSA) is 38.3 Å². The number of benzene rings is 1. The van der Waals surface area contributed by atoms with Crippen LogP contribution in [0.5, 0.6) is 5.75 Å². The number of nitrogens with one attached hydrogen (secondary N) is 1. The van der Waals surface area contributed by atoms with Gasteiger partial charge in [0.2, 0.25) is 0 Å². The molecule has 2 heterocycles. The smallest absolute Gasteiger partial charge is 0.251 e. The van der Waals surface area contributed by atoms with Crippen LogP contribution in [0.2, 0.25) is 0 Å². The Morgan fingerprint density at radius 3 is 3.17 bits per heavy atom. The fraction of sp³-hybridized carbons (Fsp3) is 0.214. The SMILES string of the molecule is O=C(NCc1ccsc1)c1ccc2c(c1)CCO2. The molecule has 1 aromatic heterocycles. The van der Waals surface area contributed by atoms with Crippen molar-refractivity contribution >= 4 is 17.2 Å². The maximum atomic E-state index is 12.0. The zero-order chi connectivity index (χ0) is 12.4. The molecule has 92 valence electrons. The largest absolute Gasteiger partial charge is 0.493 e. The average Bonchev–Trinajstić information content (AvgIpc) is 3.05. The molecule has 0 saturated carbocycles. The van der Waals surface area contributed by atoms with E-state index in [2.05, 4.69) is 5.32 Å². The Kier molecular flexibility index (Phi) is 3.02. The molecule has 3 nitrogen and oxygen atoms in total. The van der Waals surface area contributed by atoms with E-state index >= 15 is 0 Å². The van der Waals surface area contributed by atoms with Crippen LogP contribution >= 0.6 is 11.3 Å². The summed E-state index contributed by atoms with van der Waals surface area (Å²) >= 11 is 1.64. The third kappa shape index (κ3) is 2.24. The van der Waals surface area contributed by atoms with Gasteiger partial charge in [-0.05, 0) is 46.2 Å². The zero-order valence-electron chi connectivity index (χ0n) is 9.81. The van der Waals surface area contributed by atoms with Gasteiger partial charge in [-0.3, -0.25) is 4.79 Å². The van der Waals surface area contributed by atoms with Crippen molar-refractivity contribution in [2.24, 2.45) is 0 Å². The van der Waals surface area contributed by atoms with Crippen LogP contribution < -0.4 is 10.1 Å². The lowest BCUT2D eigenvalue weighted by Gasteiger charge is -2.05. The molecule has 4 heteroatoms. The second kappa shape index (κ2) is 4.82. The molecule has 1 aliphatic heterocycles. The minimum Gasteiger partial charge on any atom is -0.493 e. The van der Waals surface area contributed by atoms with Crippen LogP contribution in [0, 0.1) is 0 Å². The van der Waals surface area contributed by atoms with E-state index < -0.39 is 0 Å². The van der Waals surface area contributed by atoms with Gasteiger partial charge < -0.3 is 10.1 Å². The highest BCUT2D eigenvalue weighted by Gasteiger charge is 2.14. The van der Waals surface area contributed by atoms with E-state index in [9.17, 15) is 4.79 Å². The van der Waals surface area contributed by atoms with Crippen molar-refractivity contribution in [2.75, 3.05) is 6.61 Å². The first kappa shape index (κ1) is 11.3. The second-order valence-corrected chi connectivity index (χ2v) is 5.02. The number of rotatable bonds is 3. The third-order valence-electron chi connectivity index (χ3n) is 2.98. The maximum absolute atomic E-state index is 12.0. The van der Waals surface area contributed by atoms with Gasteiger partial charge in [-0.2, -0.15) is 11.3 Å². The highest BCUT2D eigenvalue weighted by atomic mass is 32.1. The summed E-state index contributed by atoms with van der Waals surface area (Å²) in [5, 5.41) is 6.97. The van der Waals surface area contributed by atoms with Gasteiger partial charge in [-0.15, -0.1) is 0 Å². The van der Waals surface area contributed by atoms with E-state index in [0.29, 0.717) is 12.1 Å². The van der Waals surface area contributed by atoms with Crippen LogP contribution in [-0.4, -0.2) is 12.5 Å². The van der Waals surface area contributed by atoms with Crippen LogP contribution in [0.3, 0.4) is 0 Å². The third-order valence-corrected chi connectivity index (χ3v) is 3.72. The normalized spacial score (nSPS) is 12.9. The van der Waals surface area contributed by atoms with Crippen LogP contribution in [0.1, 0.15) is 21.5 Å². The number of hydrogen-bond acceptors (Lipinski definition) is 3. The van der Waals surface area contributed by atoms with Crippen LogP contribution in [0.15, 0.2) is 35.0 Å². The summed E-state index contributed by atoms with van der Waals surface area (Å²) in [6.07, 6.45) is 0.890. The summed E-state index contributed by atoms with van der Waals surface area (Å²) in [6, 6.07) is 7.63. The summed E-state index contributed by atoms with van der Waals surface area (Å²) in [7, 11) is 0. The Hall–Kier alpha value is -1.81. The number of ether oxygens (including phenoxy) is 1. The lowest BCUT2D eigenvalue weighted by Crippen LogP contribution is -2.22. The predicted molar refractivity (Wildman–Crippen MR) is 71.1 cm³/mol. The van der Waals surface area contributed by atoms with Crippen LogP contribution in [0.25, 0.3) is 0 Å². The van der Waals surface area contributed by atoms with Gasteiger partial charge in [0.05, 0.1) is 6.61 Å². The number of amides is 1. The maximum Gasteiger partial charge on any atom is 0.251 e. The Labute approximate surface area is 109 Å². The molecule has 18 heavy (non-hydrogen) atoms. The molecule has 0 saturated heterocycles. The van der Waals surface area contributed by atoms with E-state index in [1.54, 1.807) is 11.3 Å². The molecule has 0 unspecified atom stereocenters. The number of hydrogen-bond donors (Lipinski definition) is 1. The fourth-order valence-electron chi connectivity index (χ4n) is 2.01. The standard InChI is InChI=1S/C14H13NO2S/c16-14(15-8-10-4-6-18-9-10)12-1-2-13-11(7-12)3-5-17-13/h1-2,4,6-7,9H,3,5,8H2,(H,15,16). The lowest BCUT2D eigenvalue weighted by molar-refractivity contribution is 0.0951. The monoisotopic (exact) mass is 259 g/mol. The van der Waals surface area contributed by atoms with Gasteiger partial charge in [0.25, 0.3) is 5.91 Å². The van der Waals surface area contributed by atoms with Crippen molar-refractivity contribution in [1.82, 2.24) is 5.32 Å². The Morgan fingerprint density at radius 1 is 1.39 bits per heavy atom. The van der Waals surface area contributed by atoms with E-state index in [1.807, 2.05) is 35.0 Å². The number of fused-ring (bicyclic) bond motifs is 1. The second-order valence-electron chi connectivity index (χ2n) is 4.24. The Bertz CT molecular complexity index is 563. The van der Waals surface area contributed by atoms with Crippen LogP contribution in [0.4, 0.5) is 0 Å². The Balaban J connectivity index is 1.69. The van der Waals surface area contributed by atoms with Crippen molar-refractivity contribution in [3.05, 3.63) is 51.7 Å². The summed E-state index contributed by atoms with van der Waals surface area (Å²) in [4.78, 5) is 12.0. The Morgan fingerprint density at radius 2 is 2.33 bits per heavy atom. The molecule has 0 bridgehead atoms. The van der Waals surface area contributed by atoms with E-state index in [4.69, 9.17) is 4.74 Å². The molecule has 2 aromatic rings. The molecule has 1 amide bonds. The highest BCUT2D eigenvalue weighted by molar-refractivity contribution is 7.07. The zero-order valence-corrected chi connectivity index (χ0v) is 10.6. The van der Waals surface area contributed by atoms with Gasteiger partial charge in [0.1, 0.15) is 5.75 Å². The van der Waals surface area contributed by atoms with Crippen molar-refractivity contribution in [3.63, 3.8) is 0 Å². The molecule has 0 spiro atoms. The van der Waals surface area contributed by atoms with E-state index in [0.717, 1.165) is 29.9 Å². The van der Waals surface area contributed by atoms with Gasteiger partial charge in [0.15, 0.2) is 0 Å². The molecular formula is C14H13NO2S. The van der Waals surface area contributed by atoms with Gasteiger partial charge in [-0.25, -0.2) is 0 Å². The van der Waals surface area contributed by atoms with Crippen molar-refractivity contribution in [2.45, 2.75) is 13.0 Å². The average molecular weight is 259 g/mol. The number of carbonyl (C=O) groups excluding carboxylic acids is 1. The molecule has 1 aromatic carbocycles. The summed E-state index contributed by atoms with van der Waals surface area (Å²) < 4.78 is 5.42. The quantitative estimate of drug-likeness (QED) is 0.920. The number of thiophene rings is 1. The van der Waals surface area contributed by atoms with Crippen molar-refractivity contribution in [1.29, 1.82) is 0 Å². The first-order chi connectivity index (χ1) is 8.83. The molecule has 0 radical (unpaired) electrons. The predicted octanol–water partition coefficient (Wildman–Crippen LogP) is 2.61. The summed E-state index contributed by atoms with van der Waals surface area (Å²) in [5.41, 5.74) is 2.96. The summed E-state index contributed by atoms with van der Waals surface area (Å²) in [6.45, 7) is 1.30. The first-order valence-corrected chi connectivity index (χ1v) is 6.82. The minimum absolute atomic E-state index is 0.0316. The summed E-state index contributed by atoms with van der Waals surface area (Å²) in [5.74, 6) is 0.875. The van der Waals surface area contributed by atoms with Gasteiger partial charge >= 0.3 is 0 Å². The van der Waals surface area contributed by atoms with Crippen molar-refractivity contribution < 1.29 is 9.53 Å². The molecule has 0 aliphatic carbocycles. The first-order valence-electron chi connectivity index (χ1n) is 5.88. The molecule has 0 atom stereocenters. The molecule has 1 aliphatic rings. The van der Waals surface area contributed by atoms with E-state index in [1.165, 1.54) is 0 Å². The van der Waals surface area contributed by atoms with Crippen LogP contribution in [-0.2, 0) is 13.0 Å². The van der Waals surface area contributed by atoms with Crippen molar-refractivity contribution in [3.8, 4) is 5.75 Å². The highest BCUT2D eigenvalue weighted by Crippen LogP contribution is 2.25. The molecular weight excluding hydrogens is 246 g/mol. The molecule has 1 N–H and O–H groups in total. The van der Waals surface area contributed by atoms with E-state index in [-0.39, 0.29) is 5.91 Å². The van der Waals surface area contributed by atoms with Gasteiger partial charge in [0, 0.05) is 18.5 Å². The lowest BCUT2D eigenvalue weighted by atomic mass is 10.1. The van der Waals surface area contributed by atoms with Gasteiger partial charge in [-0.1, -0.05) is 0 Å². The fourth-order valence-corrected chi connectivity index (χ4v) is 2.67.